The molecule has 0 fully saturated rings. The molecule has 4 nitrogen and oxygen atoms in total. The molecule has 0 amide bonds. The fourth-order valence-electron chi connectivity index (χ4n) is 1.57. The van der Waals surface area contributed by atoms with Gasteiger partial charge < -0.3 is 9.47 Å². The summed E-state index contributed by atoms with van der Waals surface area (Å²) in [5, 5.41) is 4.31. The average molecular weight is 412 g/mol. The van der Waals surface area contributed by atoms with Crippen LogP contribution in [0.1, 0.15) is 5.56 Å². The van der Waals surface area contributed by atoms with Crippen LogP contribution < -0.4 is 9.47 Å². The minimum atomic E-state index is 0. The Kier molecular flexibility index (Phi) is 4.76. The van der Waals surface area contributed by atoms with Crippen LogP contribution in [0.5, 0.6) is 11.8 Å². The second-order valence-corrected chi connectivity index (χ2v) is 3.30. The Hall–Kier alpha value is -1.28. The quantitative estimate of drug-likeness (QED) is 0.724. The summed E-state index contributed by atoms with van der Waals surface area (Å²) in [4.78, 5) is 0. The van der Waals surface area contributed by atoms with Gasteiger partial charge in [0.1, 0.15) is 0 Å². The second-order valence-electron chi connectivity index (χ2n) is 3.30. The van der Waals surface area contributed by atoms with Crippen molar-refractivity contribution >= 4 is 0 Å². The number of rotatable bonds is 3. The van der Waals surface area contributed by atoms with Crippen molar-refractivity contribution in [2.45, 2.75) is 6.92 Å². The smallest absolute Gasteiger partial charge is 0.239 e. The number of aromatic nitrogens is 2. The molecular formula is C12H13N2O2Pt-. The van der Waals surface area contributed by atoms with Gasteiger partial charge in [-0.1, -0.05) is 0 Å². The van der Waals surface area contributed by atoms with Crippen molar-refractivity contribution in [2.24, 2.45) is 0 Å². The van der Waals surface area contributed by atoms with Crippen LogP contribution >= 0.6 is 0 Å². The number of ether oxygens (including phenoxy) is 2. The van der Waals surface area contributed by atoms with Crippen molar-refractivity contribution < 1.29 is 30.5 Å². The fourth-order valence-corrected chi connectivity index (χ4v) is 1.57. The van der Waals surface area contributed by atoms with Crippen LogP contribution in [0.2, 0.25) is 0 Å². The maximum atomic E-state index is 5.31. The third-order valence-corrected chi connectivity index (χ3v) is 2.33. The first kappa shape index (κ1) is 13.8. The van der Waals surface area contributed by atoms with E-state index in [1.54, 1.807) is 18.9 Å². The molecule has 0 saturated carbocycles. The summed E-state index contributed by atoms with van der Waals surface area (Å²) in [6.45, 7) is 1.91. The molecular weight excluding hydrogens is 399 g/mol. The molecule has 0 aliphatic rings. The molecule has 1 aromatic heterocycles. The van der Waals surface area contributed by atoms with Gasteiger partial charge in [-0.2, -0.15) is 24.3 Å². The van der Waals surface area contributed by atoms with Crippen LogP contribution in [0.25, 0.3) is 5.69 Å². The van der Waals surface area contributed by atoms with E-state index in [4.69, 9.17) is 9.47 Å². The Morgan fingerprint density at radius 3 is 2.53 bits per heavy atom. The number of hydrogen-bond acceptors (Lipinski definition) is 3. The van der Waals surface area contributed by atoms with Crippen molar-refractivity contribution in [2.75, 3.05) is 14.2 Å². The van der Waals surface area contributed by atoms with Gasteiger partial charge in [0.15, 0.2) is 0 Å². The van der Waals surface area contributed by atoms with E-state index in [9.17, 15) is 0 Å². The van der Waals surface area contributed by atoms with E-state index >= 15 is 0 Å². The summed E-state index contributed by atoms with van der Waals surface area (Å²) in [5.41, 5.74) is 1.70. The van der Waals surface area contributed by atoms with Crippen molar-refractivity contribution in [1.29, 1.82) is 0 Å². The Morgan fingerprint density at radius 2 is 2.00 bits per heavy atom. The van der Waals surface area contributed by atoms with Crippen molar-refractivity contribution in [3.63, 3.8) is 0 Å². The molecule has 5 heteroatoms. The first-order chi connectivity index (χ1) is 7.77. The molecule has 17 heavy (non-hydrogen) atoms. The maximum Gasteiger partial charge on any atom is 0.239 e. The molecule has 1 heterocycles. The van der Waals surface area contributed by atoms with E-state index in [0.29, 0.717) is 11.8 Å². The second kappa shape index (κ2) is 5.87. The first-order valence-corrected chi connectivity index (χ1v) is 4.92. The Labute approximate surface area is 115 Å². The zero-order chi connectivity index (χ0) is 11.5. The minimum absolute atomic E-state index is 0. The third kappa shape index (κ3) is 2.52. The van der Waals surface area contributed by atoms with Gasteiger partial charge in [0, 0.05) is 21.1 Å². The molecule has 1 aromatic carbocycles. The number of nitrogens with zero attached hydrogens (tertiary/aromatic N) is 2. The Morgan fingerprint density at radius 1 is 1.24 bits per heavy atom. The molecule has 0 bridgehead atoms. The van der Waals surface area contributed by atoms with Crippen LogP contribution in [0, 0.1) is 13.0 Å². The predicted molar refractivity (Wildman–Crippen MR) is 60.2 cm³/mol. The summed E-state index contributed by atoms with van der Waals surface area (Å²) in [6, 6.07) is 10.7. The van der Waals surface area contributed by atoms with Crippen LogP contribution in [0.3, 0.4) is 0 Å². The standard InChI is InChI=1S/C12H13N2O2.Pt/c1-9-11(15-2)13-14(12(9)16-3)10-7-5-4-6-8-10;/h4-7H,1-3H3;/q-1;. The first-order valence-electron chi connectivity index (χ1n) is 4.92. The van der Waals surface area contributed by atoms with E-state index in [2.05, 4.69) is 11.2 Å². The normalized spacial score (nSPS) is 9.59. The van der Waals surface area contributed by atoms with Gasteiger partial charge in [0.2, 0.25) is 11.8 Å². The summed E-state index contributed by atoms with van der Waals surface area (Å²) < 4.78 is 12.2. The van der Waals surface area contributed by atoms with Gasteiger partial charge in [0.25, 0.3) is 0 Å². The monoisotopic (exact) mass is 412 g/mol. The number of benzene rings is 1. The van der Waals surface area contributed by atoms with Crippen molar-refractivity contribution in [3.05, 3.63) is 35.9 Å². The molecule has 0 N–H and O–H groups in total. The molecule has 0 saturated heterocycles. The summed E-state index contributed by atoms with van der Waals surface area (Å²) >= 11 is 0. The molecule has 2 aromatic rings. The maximum absolute atomic E-state index is 5.31. The van der Waals surface area contributed by atoms with Crippen LogP contribution in [0.4, 0.5) is 0 Å². The summed E-state index contributed by atoms with van der Waals surface area (Å²) in [7, 11) is 3.21. The van der Waals surface area contributed by atoms with E-state index in [-0.39, 0.29) is 21.1 Å². The number of para-hydroxylation sites is 1. The van der Waals surface area contributed by atoms with Gasteiger partial charge in [-0.05, 0) is 12.6 Å². The Balaban J connectivity index is 0.00000144. The molecule has 0 spiro atoms. The van der Waals surface area contributed by atoms with Gasteiger partial charge in [0.05, 0.1) is 19.8 Å². The molecule has 0 radical (unpaired) electrons. The van der Waals surface area contributed by atoms with Crippen LogP contribution in [0.15, 0.2) is 24.3 Å². The van der Waals surface area contributed by atoms with Gasteiger partial charge >= 0.3 is 0 Å². The van der Waals surface area contributed by atoms with Crippen molar-refractivity contribution in [1.82, 2.24) is 9.78 Å². The number of hydrogen-bond donors (Lipinski definition) is 0. The zero-order valence-electron chi connectivity index (χ0n) is 9.84. The van der Waals surface area contributed by atoms with E-state index < -0.39 is 0 Å². The largest absolute Gasteiger partial charge is 0.481 e. The molecule has 0 unspecified atom stereocenters. The van der Waals surface area contributed by atoms with Crippen LogP contribution in [-0.4, -0.2) is 24.0 Å². The predicted octanol–water partition coefficient (Wildman–Crippen LogP) is 2.00. The Bertz CT molecular complexity index is 483. The van der Waals surface area contributed by atoms with E-state index in [1.165, 1.54) is 0 Å². The van der Waals surface area contributed by atoms with Crippen LogP contribution in [-0.2, 0) is 21.1 Å². The van der Waals surface area contributed by atoms with E-state index in [1.807, 2.05) is 31.2 Å². The van der Waals surface area contributed by atoms with Gasteiger partial charge in [-0.15, -0.1) is 11.2 Å². The van der Waals surface area contributed by atoms with Crippen molar-refractivity contribution in [3.8, 4) is 17.4 Å². The van der Waals surface area contributed by atoms with Gasteiger partial charge in [-0.3, -0.25) is 0 Å². The minimum Gasteiger partial charge on any atom is -0.481 e. The van der Waals surface area contributed by atoms with E-state index in [0.717, 1.165) is 11.3 Å². The molecule has 0 aliphatic heterocycles. The fraction of sp³-hybridized carbons (Fsp3) is 0.250. The van der Waals surface area contributed by atoms with Gasteiger partial charge in [-0.25, -0.2) is 4.68 Å². The molecule has 0 atom stereocenters. The zero-order valence-corrected chi connectivity index (χ0v) is 12.1. The SMILES string of the molecule is COc1nn(-c2[c-]cccc2)c(OC)c1C.[Pt]. The number of methoxy groups -OCH3 is 2. The molecule has 94 valence electrons. The third-order valence-electron chi connectivity index (χ3n) is 2.33. The summed E-state index contributed by atoms with van der Waals surface area (Å²) in [6.07, 6.45) is 0. The molecule has 2 rings (SSSR count). The average Bonchev–Trinajstić information content (AvgIpc) is 2.66. The summed E-state index contributed by atoms with van der Waals surface area (Å²) in [5.74, 6) is 1.23. The topological polar surface area (TPSA) is 36.3 Å². The molecule has 0 aliphatic carbocycles.